The predicted molar refractivity (Wildman–Crippen MR) is 125 cm³/mol. The Morgan fingerprint density at radius 2 is 1.56 bits per heavy atom. The van der Waals surface area contributed by atoms with E-state index in [-0.39, 0.29) is 0 Å². The first kappa shape index (κ1) is 20.6. The standard InChI is InChI=1S/C21H30O2S4/c1-22-18-6-4-17(5-7-18)8-9-20(24-10-2-11-25-20)16-21(14-19-15-23-19)26-12-3-13-27-21/h4-7,19H,2-3,8-16H2,1H3. The molecule has 4 rings (SSSR count). The van der Waals surface area contributed by atoms with Crippen LogP contribution in [0.25, 0.3) is 0 Å². The van der Waals surface area contributed by atoms with Crippen molar-refractivity contribution in [2.24, 2.45) is 0 Å². The number of hydrogen-bond acceptors (Lipinski definition) is 6. The van der Waals surface area contributed by atoms with E-state index in [0.29, 0.717) is 14.3 Å². The molecule has 3 aliphatic heterocycles. The second kappa shape index (κ2) is 9.46. The summed E-state index contributed by atoms with van der Waals surface area (Å²) in [4.78, 5) is 0. The van der Waals surface area contributed by atoms with Crippen molar-refractivity contribution in [2.45, 2.75) is 52.8 Å². The third-order valence-corrected chi connectivity index (χ3v) is 12.3. The maximum absolute atomic E-state index is 5.66. The number of thioether (sulfide) groups is 4. The summed E-state index contributed by atoms with van der Waals surface area (Å²) in [6, 6.07) is 8.68. The minimum atomic E-state index is 0.365. The molecule has 2 nitrogen and oxygen atoms in total. The van der Waals surface area contributed by atoms with Crippen molar-refractivity contribution in [3.8, 4) is 5.75 Å². The Hall–Kier alpha value is 0.380. The summed E-state index contributed by atoms with van der Waals surface area (Å²) in [5, 5.41) is 0. The van der Waals surface area contributed by atoms with E-state index in [1.807, 2.05) is 0 Å². The van der Waals surface area contributed by atoms with Crippen LogP contribution in [0.1, 0.15) is 37.7 Å². The van der Waals surface area contributed by atoms with Crippen LogP contribution in [-0.2, 0) is 11.2 Å². The Balaban J connectivity index is 1.46. The van der Waals surface area contributed by atoms with Crippen molar-refractivity contribution in [3.05, 3.63) is 29.8 Å². The number of hydrogen-bond donors (Lipinski definition) is 0. The summed E-state index contributed by atoms with van der Waals surface area (Å²) < 4.78 is 11.7. The van der Waals surface area contributed by atoms with Crippen LogP contribution in [0.5, 0.6) is 5.75 Å². The van der Waals surface area contributed by atoms with E-state index in [4.69, 9.17) is 9.47 Å². The zero-order valence-corrected chi connectivity index (χ0v) is 19.4. The fraction of sp³-hybridized carbons (Fsp3) is 0.714. The number of aryl methyl sites for hydroxylation is 1. The smallest absolute Gasteiger partial charge is 0.118 e. The lowest BCUT2D eigenvalue weighted by Crippen LogP contribution is -2.38. The van der Waals surface area contributed by atoms with Crippen LogP contribution in [0.15, 0.2) is 24.3 Å². The van der Waals surface area contributed by atoms with Crippen LogP contribution < -0.4 is 4.74 Å². The fourth-order valence-electron chi connectivity index (χ4n) is 3.93. The highest BCUT2D eigenvalue weighted by Crippen LogP contribution is 2.58. The van der Waals surface area contributed by atoms with Gasteiger partial charge in [-0.15, -0.1) is 47.0 Å². The lowest BCUT2D eigenvalue weighted by Gasteiger charge is -2.45. The average Bonchev–Trinajstić information content (AvgIpc) is 3.52. The molecule has 3 aliphatic rings. The lowest BCUT2D eigenvalue weighted by atomic mass is 10.0. The normalized spacial score (nSPS) is 26.5. The largest absolute Gasteiger partial charge is 0.497 e. The van der Waals surface area contributed by atoms with E-state index in [1.54, 1.807) is 7.11 Å². The Morgan fingerprint density at radius 1 is 0.963 bits per heavy atom. The van der Waals surface area contributed by atoms with Gasteiger partial charge in [-0.05, 0) is 79.2 Å². The number of methoxy groups -OCH3 is 1. The van der Waals surface area contributed by atoms with Crippen LogP contribution in [0.2, 0.25) is 0 Å². The molecule has 0 aliphatic carbocycles. The van der Waals surface area contributed by atoms with Crippen LogP contribution in [-0.4, -0.2) is 51.0 Å². The van der Waals surface area contributed by atoms with Gasteiger partial charge in [0.25, 0.3) is 0 Å². The number of benzene rings is 1. The number of ether oxygens (including phenoxy) is 2. The average molecular weight is 443 g/mol. The molecule has 0 aromatic heterocycles. The Morgan fingerprint density at radius 3 is 2.11 bits per heavy atom. The molecule has 0 saturated carbocycles. The van der Waals surface area contributed by atoms with E-state index in [9.17, 15) is 0 Å². The van der Waals surface area contributed by atoms with Gasteiger partial charge in [0.2, 0.25) is 0 Å². The molecule has 0 bridgehead atoms. The molecule has 0 N–H and O–H groups in total. The van der Waals surface area contributed by atoms with Gasteiger partial charge in [0.05, 0.1) is 28.0 Å². The van der Waals surface area contributed by atoms with Gasteiger partial charge in [-0.3, -0.25) is 0 Å². The highest BCUT2D eigenvalue weighted by molar-refractivity contribution is 8.20. The highest BCUT2D eigenvalue weighted by Gasteiger charge is 2.47. The second-order valence-electron chi connectivity index (χ2n) is 7.61. The van der Waals surface area contributed by atoms with Gasteiger partial charge in [0.1, 0.15) is 5.75 Å². The summed E-state index contributed by atoms with van der Waals surface area (Å²) in [5.41, 5.74) is 1.44. The van der Waals surface area contributed by atoms with Crippen molar-refractivity contribution < 1.29 is 9.47 Å². The third kappa shape index (κ3) is 5.71. The van der Waals surface area contributed by atoms with Gasteiger partial charge >= 0.3 is 0 Å². The van der Waals surface area contributed by atoms with Crippen LogP contribution in [0.4, 0.5) is 0 Å². The molecule has 1 atom stereocenters. The molecule has 3 fully saturated rings. The Kier molecular flexibility index (Phi) is 7.23. The van der Waals surface area contributed by atoms with E-state index in [1.165, 1.54) is 60.7 Å². The molecule has 0 radical (unpaired) electrons. The molecule has 1 unspecified atom stereocenters. The van der Waals surface area contributed by atoms with Gasteiger partial charge in [-0.1, -0.05) is 12.1 Å². The molecule has 150 valence electrons. The molecule has 3 heterocycles. The van der Waals surface area contributed by atoms with Crippen molar-refractivity contribution in [1.82, 2.24) is 0 Å². The van der Waals surface area contributed by atoms with Gasteiger partial charge in [0.15, 0.2) is 0 Å². The fourth-order valence-corrected chi connectivity index (χ4v) is 11.5. The molecule has 0 spiro atoms. The van der Waals surface area contributed by atoms with Crippen molar-refractivity contribution >= 4 is 47.0 Å². The molecule has 0 amide bonds. The summed E-state index contributed by atoms with van der Waals surface area (Å²) >= 11 is 8.97. The first-order valence-corrected chi connectivity index (χ1v) is 14.0. The SMILES string of the molecule is COc1ccc(CCC2(CC3(CC4CO4)SCCCS3)SCCCS2)cc1. The molecule has 6 heteroatoms. The summed E-state index contributed by atoms with van der Waals surface area (Å²) in [6.07, 6.45) is 8.24. The molecule has 3 saturated heterocycles. The molecule has 1 aromatic carbocycles. The maximum Gasteiger partial charge on any atom is 0.118 e. The van der Waals surface area contributed by atoms with Crippen molar-refractivity contribution in [3.63, 3.8) is 0 Å². The van der Waals surface area contributed by atoms with Crippen LogP contribution in [0, 0.1) is 0 Å². The molecular formula is C21H30O2S4. The predicted octanol–water partition coefficient (Wildman–Crippen LogP) is 5.94. The summed E-state index contributed by atoms with van der Waals surface area (Å²) in [6.45, 7) is 0.988. The van der Waals surface area contributed by atoms with Crippen molar-refractivity contribution in [2.75, 3.05) is 36.7 Å². The number of epoxide rings is 1. The van der Waals surface area contributed by atoms with Crippen molar-refractivity contribution in [1.29, 1.82) is 0 Å². The minimum absolute atomic E-state index is 0.365. The minimum Gasteiger partial charge on any atom is -0.497 e. The van der Waals surface area contributed by atoms with E-state index in [0.717, 1.165) is 18.8 Å². The summed E-state index contributed by atoms with van der Waals surface area (Å²) in [5.74, 6) is 6.24. The first-order chi connectivity index (χ1) is 13.2. The zero-order valence-electron chi connectivity index (χ0n) is 16.1. The summed E-state index contributed by atoms with van der Waals surface area (Å²) in [7, 11) is 1.74. The van der Waals surface area contributed by atoms with E-state index >= 15 is 0 Å². The quantitative estimate of drug-likeness (QED) is 0.461. The molecular weight excluding hydrogens is 412 g/mol. The van der Waals surface area contributed by atoms with Gasteiger partial charge in [0, 0.05) is 0 Å². The Labute approximate surface area is 181 Å². The lowest BCUT2D eigenvalue weighted by molar-refractivity contribution is 0.384. The Bertz CT molecular complexity index is 591. The first-order valence-electron chi connectivity index (χ1n) is 10.0. The van der Waals surface area contributed by atoms with E-state index in [2.05, 4.69) is 71.3 Å². The molecule has 1 aromatic rings. The monoisotopic (exact) mass is 442 g/mol. The van der Waals surface area contributed by atoms with E-state index < -0.39 is 0 Å². The maximum atomic E-state index is 5.66. The molecule has 27 heavy (non-hydrogen) atoms. The third-order valence-electron chi connectivity index (χ3n) is 5.47. The van der Waals surface area contributed by atoms with Gasteiger partial charge in [-0.25, -0.2) is 0 Å². The number of rotatable bonds is 8. The van der Waals surface area contributed by atoms with Gasteiger partial charge in [-0.2, -0.15) is 0 Å². The van der Waals surface area contributed by atoms with Gasteiger partial charge < -0.3 is 9.47 Å². The van der Waals surface area contributed by atoms with Crippen LogP contribution in [0.3, 0.4) is 0 Å². The zero-order chi connectivity index (χ0) is 18.6. The highest BCUT2D eigenvalue weighted by atomic mass is 32.2. The second-order valence-corrected chi connectivity index (χ2v) is 14.0. The topological polar surface area (TPSA) is 21.8 Å². The van der Waals surface area contributed by atoms with Crippen LogP contribution >= 0.6 is 47.0 Å².